The van der Waals surface area contributed by atoms with Gasteiger partial charge in [-0.2, -0.15) is 6.08 Å². The molecule has 2 heterocycles. The van der Waals surface area contributed by atoms with E-state index in [1.165, 1.54) is 11.1 Å². The summed E-state index contributed by atoms with van der Waals surface area (Å²) in [5.41, 5.74) is 6.60. The quantitative estimate of drug-likeness (QED) is 0.495. The Morgan fingerprint density at radius 2 is 1.30 bits per heavy atom. The van der Waals surface area contributed by atoms with Crippen LogP contribution in [-0.2, 0) is 21.7 Å². The van der Waals surface area contributed by atoms with E-state index in [1.54, 1.807) is 0 Å². The van der Waals surface area contributed by atoms with E-state index in [4.69, 9.17) is 0 Å². The first-order valence-electron chi connectivity index (χ1n) is 7.01. The van der Waals surface area contributed by atoms with Crippen molar-refractivity contribution in [2.24, 2.45) is 0 Å². The SMILES string of the molecule is Cc1n[n-]c(C)c1C.Cc1n[n-]c(C)c1C.[C-]1=CC=CC1.[Cl-].[Ti+4]. The minimum atomic E-state index is 0. The van der Waals surface area contributed by atoms with Crippen LogP contribution in [0.3, 0.4) is 0 Å². The van der Waals surface area contributed by atoms with Gasteiger partial charge in [-0.05, 0) is 38.8 Å². The zero-order valence-electron chi connectivity index (χ0n) is 14.6. The maximum atomic E-state index is 3.87. The normalized spacial score (nSPS) is 10.7. The Morgan fingerprint density at radius 3 is 1.39 bits per heavy atom. The average molecular weight is 367 g/mol. The molecular formula is C17H23ClN4Ti. The average Bonchev–Trinajstić information content (AvgIpc) is 3.20. The van der Waals surface area contributed by atoms with E-state index in [0.717, 1.165) is 29.2 Å². The van der Waals surface area contributed by atoms with Gasteiger partial charge in [-0.1, -0.05) is 13.8 Å². The summed E-state index contributed by atoms with van der Waals surface area (Å²) >= 11 is 0. The molecule has 2 aromatic rings. The summed E-state index contributed by atoms with van der Waals surface area (Å²) in [6.45, 7) is 11.9. The van der Waals surface area contributed by atoms with Crippen molar-refractivity contribution in [3.63, 3.8) is 0 Å². The minimum Gasteiger partial charge on any atom is -1.00 e. The summed E-state index contributed by atoms with van der Waals surface area (Å²) in [5, 5.41) is 15.5. The van der Waals surface area contributed by atoms with E-state index in [0.29, 0.717) is 0 Å². The van der Waals surface area contributed by atoms with Gasteiger partial charge in [0.25, 0.3) is 0 Å². The van der Waals surface area contributed by atoms with Crippen LogP contribution < -0.4 is 22.6 Å². The summed E-state index contributed by atoms with van der Waals surface area (Å²) in [4.78, 5) is 0. The molecule has 0 amide bonds. The van der Waals surface area contributed by atoms with Crippen molar-refractivity contribution in [1.29, 1.82) is 0 Å². The first kappa shape index (κ1) is 24.2. The first-order valence-corrected chi connectivity index (χ1v) is 7.01. The van der Waals surface area contributed by atoms with E-state index >= 15 is 0 Å². The van der Waals surface area contributed by atoms with Crippen molar-refractivity contribution in [2.75, 3.05) is 0 Å². The van der Waals surface area contributed by atoms with Crippen LogP contribution in [0.15, 0.2) is 18.2 Å². The molecule has 3 rings (SSSR count). The third-order valence-corrected chi connectivity index (χ3v) is 3.46. The molecule has 0 saturated carbocycles. The Balaban J connectivity index is 0. The van der Waals surface area contributed by atoms with Gasteiger partial charge in [0.1, 0.15) is 0 Å². The predicted octanol–water partition coefficient (Wildman–Crippen LogP) is 0.235. The van der Waals surface area contributed by atoms with Crippen molar-refractivity contribution in [1.82, 2.24) is 20.4 Å². The third-order valence-electron chi connectivity index (χ3n) is 3.46. The van der Waals surface area contributed by atoms with Gasteiger partial charge in [0, 0.05) is 11.4 Å². The molecule has 0 saturated heterocycles. The molecule has 0 atom stereocenters. The molecule has 23 heavy (non-hydrogen) atoms. The van der Waals surface area contributed by atoms with Crippen LogP contribution in [0.1, 0.15) is 40.3 Å². The second-order valence-corrected chi connectivity index (χ2v) is 4.99. The van der Waals surface area contributed by atoms with Crippen molar-refractivity contribution < 1.29 is 34.1 Å². The fourth-order valence-corrected chi connectivity index (χ4v) is 1.46. The second-order valence-electron chi connectivity index (χ2n) is 4.99. The summed E-state index contributed by atoms with van der Waals surface area (Å²) in [5.74, 6) is 0. The standard InChI is InChI=1S/2C6H9N2.C5H5.ClH.Ti/c2*1-4-5(2)7-8-6(4)3;1-2-4-5-3-1;;/h2*1-3H3;1-3H,4H2;1H;/q3*-1;;+4/p-1. The van der Waals surface area contributed by atoms with E-state index in [1.807, 2.05) is 53.7 Å². The number of aryl methyl sites for hydroxylation is 4. The van der Waals surface area contributed by atoms with Gasteiger partial charge in [0.15, 0.2) is 0 Å². The molecular weight excluding hydrogens is 344 g/mol. The zero-order chi connectivity index (χ0) is 15.8. The molecule has 2 aromatic heterocycles. The van der Waals surface area contributed by atoms with E-state index < -0.39 is 0 Å². The van der Waals surface area contributed by atoms with Crippen LogP contribution in [-0.4, -0.2) is 10.2 Å². The van der Waals surface area contributed by atoms with Gasteiger partial charge in [-0.3, -0.25) is 6.08 Å². The van der Waals surface area contributed by atoms with Crippen molar-refractivity contribution >= 4 is 0 Å². The van der Waals surface area contributed by atoms with Crippen LogP contribution in [0.4, 0.5) is 0 Å². The zero-order valence-corrected chi connectivity index (χ0v) is 16.9. The van der Waals surface area contributed by atoms with Crippen LogP contribution >= 0.6 is 0 Å². The van der Waals surface area contributed by atoms with Crippen LogP contribution in [0.5, 0.6) is 0 Å². The van der Waals surface area contributed by atoms with Crippen molar-refractivity contribution in [3.05, 3.63) is 58.2 Å². The Morgan fingerprint density at radius 1 is 0.870 bits per heavy atom. The van der Waals surface area contributed by atoms with Crippen LogP contribution in [0.2, 0.25) is 0 Å². The molecule has 0 bridgehead atoms. The number of aromatic nitrogens is 4. The number of nitrogens with zero attached hydrogens (tertiary/aromatic N) is 4. The molecule has 0 N–H and O–H groups in total. The van der Waals surface area contributed by atoms with Crippen LogP contribution in [0.25, 0.3) is 0 Å². The Labute approximate surface area is 160 Å². The molecule has 0 spiro atoms. The van der Waals surface area contributed by atoms with Gasteiger partial charge < -0.3 is 32.8 Å². The number of rotatable bonds is 0. The molecule has 0 aromatic carbocycles. The fraction of sp³-hybridized carbons (Fsp3) is 0.412. The molecule has 0 aliphatic heterocycles. The summed E-state index contributed by atoms with van der Waals surface area (Å²) < 4.78 is 0. The molecule has 1 aliphatic carbocycles. The summed E-state index contributed by atoms with van der Waals surface area (Å²) in [7, 11) is 0. The minimum absolute atomic E-state index is 0. The number of allylic oxidation sites excluding steroid dienone is 4. The van der Waals surface area contributed by atoms with Gasteiger partial charge in [0.2, 0.25) is 0 Å². The largest absolute Gasteiger partial charge is 4.00 e. The third kappa shape index (κ3) is 8.35. The van der Waals surface area contributed by atoms with E-state index in [9.17, 15) is 0 Å². The number of hydrogen-bond donors (Lipinski definition) is 0. The maximum Gasteiger partial charge on any atom is 4.00 e. The monoisotopic (exact) mass is 366 g/mol. The van der Waals surface area contributed by atoms with Gasteiger partial charge in [-0.15, -0.1) is 17.8 Å². The van der Waals surface area contributed by atoms with E-state index in [-0.39, 0.29) is 34.1 Å². The molecule has 122 valence electrons. The van der Waals surface area contributed by atoms with Gasteiger partial charge in [0.05, 0.1) is 0 Å². The van der Waals surface area contributed by atoms with Crippen LogP contribution in [0, 0.1) is 47.6 Å². The second kappa shape index (κ2) is 12.3. The predicted molar refractivity (Wildman–Crippen MR) is 85.1 cm³/mol. The number of halogens is 1. The van der Waals surface area contributed by atoms with Crippen molar-refractivity contribution in [3.8, 4) is 0 Å². The smallest absolute Gasteiger partial charge is 1.00 e. The Hall–Kier alpha value is -1.10. The summed E-state index contributed by atoms with van der Waals surface area (Å²) in [6.07, 6.45) is 10.0. The molecule has 4 nitrogen and oxygen atoms in total. The maximum absolute atomic E-state index is 3.87. The van der Waals surface area contributed by atoms with E-state index in [2.05, 4.69) is 32.5 Å². The fourth-order valence-electron chi connectivity index (χ4n) is 1.46. The molecule has 1 aliphatic rings. The molecule has 0 fully saturated rings. The topological polar surface area (TPSA) is 54.0 Å². The molecule has 0 unspecified atom stereocenters. The summed E-state index contributed by atoms with van der Waals surface area (Å²) in [6, 6.07) is 0. The first-order chi connectivity index (χ1) is 9.93. The van der Waals surface area contributed by atoms with Gasteiger partial charge >= 0.3 is 21.7 Å². The Bertz CT molecular complexity index is 533. The number of hydrogen-bond acceptors (Lipinski definition) is 2. The Kier molecular flexibility index (Phi) is 13.0. The van der Waals surface area contributed by atoms with Crippen molar-refractivity contribution in [2.45, 2.75) is 48.0 Å². The van der Waals surface area contributed by atoms with Gasteiger partial charge in [-0.25, -0.2) is 12.2 Å². The molecule has 6 heteroatoms. The molecule has 0 radical (unpaired) electrons.